The molecule has 0 bridgehead atoms. The number of hydrogen-bond donors (Lipinski definition) is 0. The minimum atomic E-state index is 0.0510. The Labute approximate surface area is 75.8 Å². The third-order valence-corrected chi connectivity index (χ3v) is 3.84. The molecule has 1 heteroatoms. The first-order valence-corrected chi connectivity index (χ1v) is 5.07. The second-order valence-corrected chi connectivity index (χ2v) is 4.30. The molecule has 1 rings (SSSR count). The van der Waals surface area contributed by atoms with Crippen LogP contribution in [0.15, 0.2) is 0 Å². The van der Waals surface area contributed by atoms with E-state index < -0.39 is 0 Å². The summed E-state index contributed by atoms with van der Waals surface area (Å²) in [6.45, 7) is 6.73. The Balaban J connectivity index is 2.61. The highest BCUT2D eigenvalue weighted by Gasteiger charge is 2.43. The standard InChI is InChI=1S/C11H19N/c1-4-9(2)10(3)11(8-12)6-5-7-11/h9-10H,4-7H2,1-3H3. The maximum Gasteiger partial charge on any atom is 0.0692 e. The maximum atomic E-state index is 9.10. The molecule has 0 amide bonds. The molecule has 68 valence electrons. The highest BCUT2D eigenvalue weighted by Crippen LogP contribution is 2.49. The first kappa shape index (κ1) is 9.58. The van der Waals surface area contributed by atoms with Crippen molar-refractivity contribution in [3.05, 3.63) is 0 Å². The van der Waals surface area contributed by atoms with Crippen LogP contribution < -0.4 is 0 Å². The zero-order valence-corrected chi connectivity index (χ0v) is 8.43. The van der Waals surface area contributed by atoms with Gasteiger partial charge in [0, 0.05) is 0 Å². The van der Waals surface area contributed by atoms with Gasteiger partial charge in [-0.15, -0.1) is 0 Å². The molecular weight excluding hydrogens is 146 g/mol. The van der Waals surface area contributed by atoms with Crippen molar-refractivity contribution in [1.82, 2.24) is 0 Å². The summed E-state index contributed by atoms with van der Waals surface area (Å²) in [5.74, 6) is 1.28. The van der Waals surface area contributed by atoms with E-state index in [9.17, 15) is 0 Å². The van der Waals surface area contributed by atoms with Crippen LogP contribution >= 0.6 is 0 Å². The summed E-state index contributed by atoms with van der Waals surface area (Å²) in [5, 5.41) is 9.10. The van der Waals surface area contributed by atoms with Crippen LogP contribution in [-0.4, -0.2) is 0 Å². The molecule has 1 aliphatic rings. The van der Waals surface area contributed by atoms with Crippen LogP contribution in [0, 0.1) is 28.6 Å². The van der Waals surface area contributed by atoms with E-state index in [1.54, 1.807) is 0 Å². The summed E-state index contributed by atoms with van der Waals surface area (Å²) < 4.78 is 0. The highest BCUT2D eigenvalue weighted by molar-refractivity contribution is 5.07. The topological polar surface area (TPSA) is 23.8 Å². The third kappa shape index (κ3) is 1.35. The molecule has 0 aromatic heterocycles. The zero-order valence-electron chi connectivity index (χ0n) is 8.43. The Morgan fingerprint density at radius 2 is 2.00 bits per heavy atom. The van der Waals surface area contributed by atoms with Crippen molar-refractivity contribution < 1.29 is 0 Å². The molecule has 1 aliphatic carbocycles. The fraction of sp³-hybridized carbons (Fsp3) is 0.909. The van der Waals surface area contributed by atoms with E-state index >= 15 is 0 Å². The normalized spacial score (nSPS) is 25.2. The van der Waals surface area contributed by atoms with Crippen LogP contribution in [0.3, 0.4) is 0 Å². The highest BCUT2D eigenvalue weighted by atomic mass is 14.5. The molecule has 1 nitrogen and oxygen atoms in total. The van der Waals surface area contributed by atoms with Crippen molar-refractivity contribution in [3.63, 3.8) is 0 Å². The summed E-state index contributed by atoms with van der Waals surface area (Å²) in [4.78, 5) is 0. The van der Waals surface area contributed by atoms with Gasteiger partial charge in [-0.3, -0.25) is 0 Å². The Bertz CT molecular complexity index is 186. The number of nitriles is 1. The van der Waals surface area contributed by atoms with Gasteiger partial charge in [-0.25, -0.2) is 0 Å². The quantitative estimate of drug-likeness (QED) is 0.629. The monoisotopic (exact) mass is 165 g/mol. The Morgan fingerprint density at radius 3 is 2.25 bits per heavy atom. The zero-order chi connectivity index (χ0) is 9.19. The van der Waals surface area contributed by atoms with E-state index in [4.69, 9.17) is 5.26 Å². The summed E-state index contributed by atoms with van der Waals surface area (Å²) >= 11 is 0. The smallest absolute Gasteiger partial charge is 0.0692 e. The second kappa shape index (κ2) is 3.47. The molecule has 0 spiro atoms. The molecule has 0 aliphatic heterocycles. The molecule has 0 heterocycles. The van der Waals surface area contributed by atoms with Gasteiger partial charge in [-0.1, -0.05) is 33.6 Å². The second-order valence-electron chi connectivity index (χ2n) is 4.30. The van der Waals surface area contributed by atoms with E-state index in [1.807, 2.05) is 0 Å². The molecule has 1 fully saturated rings. The largest absolute Gasteiger partial charge is 0.198 e. The lowest BCUT2D eigenvalue weighted by Crippen LogP contribution is -2.37. The molecule has 0 saturated heterocycles. The van der Waals surface area contributed by atoms with E-state index in [2.05, 4.69) is 26.8 Å². The third-order valence-electron chi connectivity index (χ3n) is 3.84. The van der Waals surface area contributed by atoms with E-state index in [1.165, 1.54) is 12.8 Å². The predicted octanol–water partition coefficient (Wildman–Crippen LogP) is 3.36. The molecule has 0 radical (unpaired) electrons. The van der Waals surface area contributed by atoms with Crippen LogP contribution in [0.1, 0.15) is 46.5 Å². The van der Waals surface area contributed by atoms with Gasteiger partial charge in [0.1, 0.15) is 0 Å². The van der Waals surface area contributed by atoms with Gasteiger partial charge in [-0.2, -0.15) is 5.26 Å². The van der Waals surface area contributed by atoms with E-state index in [-0.39, 0.29) is 5.41 Å². The molecule has 0 N–H and O–H groups in total. The van der Waals surface area contributed by atoms with Gasteiger partial charge in [0.2, 0.25) is 0 Å². The van der Waals surface area contributed by atoms with Crippen molar-refractivity contribution in [2.24, 2.45) is 17.3 Å². The van der Waals surface area contributed by atoms with Crippen LogP contribution in [0.4, 0.5) is 0 Å². The van der Waals surface area contributed by atoms with Crippen LogP contribution in [-0.2, 0) is 0 Å². The summed E-state index contributed by atoms with van der Waals surface area (Å²) in [6, 6.07) is 2.53. The van der Waals surface area contributed by atoms with Crippen LogP contribution in [0.25, 0.3) is 0 Å². The van der Waals surface area contributed by atoms with Crippen LogP contribution in [0.5, 0.6) is 0 Å². The lowest BCUT2D eigenvalue weighted by Gasteiger charge is -2.43. The first-order valence-electron chi connectivity index (χ1n) is 5.07. The average Bonchev–Trinajstić information content (AvgIpc) is 2.02. The molecule has 12 heavy (non-hydrogen) atoms. The number of nitrogens with zero attached hydrogens (tertiary/aromatic N) is 1. The lowest BCUT2D eigenvalue weighted by atomic mass is 9.59. The fourth-order valence-electron chi connectivity index (χ4n) is 2.12. The van der Waals surface area contributed by atoms with E-state index in [0.717, 1.165) is 12.8 Å². The maximum absolute atomic E-state index is 9.10. The molecule has 0 aromatic carbocycles. The molecule has 2 unspecified atom stereocenters. The van der Waals surface area contributed by atoms with Gasteiger partial charge in [0.05, 0.1) is 11.5 Å². The fourth-order valence-corrected chi connectivity index (χ4v) is 2.12. The summed E-state index contributed by atoms with van der Waals surface area (Å²) in [6.07, 6.45) is 4.73. The Hall–Kier alpha value is -0.510. The molecule has 2 atom stereocenters. The Kier molecular flexibility index (Phi) is 2.77. The van der Waals surface area contributed by atoms with Crippen molar-refractivity contribution in [1.29, 1.82) is 5.26 Å². The molecule has 1 saturated carbocycles. The van der Waals surface area contributed by atoms with Gasteiger partial charge < -0.3 is 0 Å². The Morgan fingerprint density at radius 1 is 1.42 bits per heavy atom. The van der Waals surface area contributed by atoms with Crippen molar-refractivity contribution in [2.75, 3.05) is 0 Å². The van der Waals surface area contributed by atoms with Crippen molar-refractivity contribution in [2.45, 2.75) is 46.5 Å². The SMILES string of the molecule is CCC(C)C(C)C1(C#N)CCC1. The number of hydrogen-bond acceptors (Lipinski definition) is 1. The average molecular weight is 165 g/mol. The summed E-state index contributed by atoms with van der Waals surface area (Å²) in [5.41, 5.74) is 0.0510. The predicted molar refractivity (Wildman–Crippen MR) is 50.5 cm³/mol. The van der Waals surface area contributed by atoms with Gasteiger partial charge in [0.15, 0.2) is 0 Å². The van der Waals surface area contributed by atoms with Gasteiger partial charge in [-0.05, 0) is 24.7 Å². The van der Waals surface area contributed by atoms with Gasteiger partial charge >= 0.3 is 0 Å². The lowest BCUT2D eigenvalue weighted by molar-refractivity contribution is 0.0880. The van der Waals surface area contributed by atoms with E-state index in [0.29, 0.717) is 11.8 Å². The minimum absolute atomic E-state index is 0.0510. The minimum Gasteiger partial charge on any atom is -0.198 e. The van der Waals surface area contributed by atoms with Gasteiger partial charge in [0.25, 0.3) is 0 Å². The number of rotatable bonds is 3. The van der Waals surface area contributed by atoms with Crippen molar-refractivity contribution in [3.8, 4) is 6.07 Å². The van der Waals surface area contributed by atoms with Crippen LogP contribution in [0.2, 0.25) is 0 Å². The molecular formula is C11H19N. The first-order chi connectivity index (χ1) is 5.66. The molecule has 0 aromatic rings. The van der Waals surface area contributed by atoms with Crippen molar-refractivity contribution >= 4 is 0 Å². The summed E-state index contributed by atoms with van der Waals surface area (Å²) in [7, 11) is 0.